The second-order valence-corrected chi connectivity index (χ2v) is 4.99. The highest BCUT2D eigenvalue weighted by Gasteiger charge is 2.16. The quantitative estimate of drug-likeness (QED) is 0.715. The molecule has 1 aromatic heterocycles. The Kier molecular flexibility index (Phi) is 3.63. The summed E-state index contributed by atoms with van der Waals surface area (Å²) in [6.45, 7) is 1.94. The van der Waals surface area contributed by atoms with Gasteiger partial charge in [0.05, 0.1) is 0 Å². The molecule has 0 unspecified atom stereocenters. The zero-order chi connectivity index (χ0) is 10.7. The molecule has 1 amide bonds. The van der Waals surface area contributed by atoms with Gasteiger partial charge in [0.15, 0.2) is 0 Å². The zero-order valence-electron chi connectivity index (χ0n) is 8.35. The number of carbonyl (C=O) groups excluding carboxylic acids is 1. The molecule has 1 atom stereocenters. The summed E-state index contributed by atoms with van der Waals surface area (Å²) in [7, 11) is 0. The van der Waals surface area contributed by atoms with E-state index in [4.69, 9.17) is 0 Å². The van der Waals surface area contributed by atoms with Crippen molar-refractivity contribution in [2.75, 3.05) is 13.1 Å². The summed E-state index contributed by atoms with van der Waals surface area (Å²) in [5, 5.41) is 6.28. The zero-order valence-corrected chi connectivity index (χ0v) is 10.5. The molecule has 1 saturated heterocycles. The van der Waals surface area contributed by atoms with Crippen molar-refractivity contribution in [3.05, 3.63) is 21.5 Å². The Hall–Kier alpha value is -0.560. The van der Waals surface area contributed by atoms with Gasteiger partial charge in [0.2, 0.25) is 0 Å². The van der Waals surface area contributed by atoms with E-state index in [1.54, 1.807) is 0 Å². The molecule has 0 aliphatic carbocycles. The summed E-state index contributed by atoms with van der Waals surface area (Å²) in [6.07, 6.45) is 4.03. The Bertz CT molecular complexity index is 344. The first-order valence-corrected chi connectivity index (χ1v) is 6.19. The minimum Gasteiger partial charge on any atom is -0.356 e. The number of carbonyl (C=O) groups is 1. The number of piperidine rings is 1. The predicted octanol–water partition coefficient (Wildman–Crippen LogP) is 1.10. The Morgan fingerprint density at radius 2 is 2.47 bits per heavy atom. The molecule has 2 heterocycles. The highest BCUT2D eigenvalue weighted by Crippen LogP contribution is 2.07. The van der Waals surface area contributed by atoms with Gasteiger partial charge in [0.1, 0.15) is 5.69 Å². The molecule has 0 bridgehead atoms. The van der Waals surface area contributed by atoms with Crippen LogP contribution in [-0.4, -0.2) is 30.0 Å². The molecule has 1 fully saturated rings. The lowest BCUT2D eigenvalue weighted by atomic mass is 10.1. The summed E-state index contributed by atoms with van der Waals surface area (Å²) in [5.74, 6) is -0.00776. The van der Waals surface area contributed by atoms with Crippen molar-refractivity contribution in [3.8, 4) is 0 Å². The van der Waals surface area contributed by atoms with E-state index in [-0.39, 0.29) is 11.9 Å². The largest absolute Gasteiger partial charge is 0.356 e. The molecule has 4 nitrogen and oxygen atoms in total. The van der Waals surface area contributed by atoms with Crippen LogP contribution in [0.5, 0.6) is 0 Å². The van der Waals surface area contributed by atoms with Crippen molar-refractivity contribution in [1.82, 2.24) is 15.6 Å². The van der Waals surface area contributed by atoms with Crippen molar-refractivity contribution >= 4 is 28.5 Å². The summed E-state index contributed by atoms with van der Waals surface area (Å²) >= 11 is 2.18. The second-order valence-electron chi connectivity index (χ2n) is 3.75. The van der Waals surface area contributed by atoms with Crippen LogP contribution >= 0.6 is 22.6 Å². The normalized spacial score (nSPS) is 21.3. The molecule has 1 aliphatic rings. The van der Waals surface area contributed by atoms with Crippen LogP contribution in [0.15, 0.2) is 12.3 Å². The van der Waals surface area contributed by atoms with Crippen LogP contribution in [0.1, 0.15) is 23.3 Å². The highest BCUT2D eigenvalue weighted by molar-refractivity contribution is 14.1. The number of hydrogen-bond acceptors (Lipinski definition) is 2. The fraction of sp³-hybridized carbons (Fsp3) is 0.500. The Labute approximate surface area is 102 Å². The van der Waals surface area contributed by atoms with E-state index < -0.39 is 0 Å². The van der Waals surface area contributed by atoms with E-state index in [0.29, 0.717) is 5.69 Å². The summed E-state index contributed by atoms with van der Waals surface area (Å²) in [5.41, 5.74) is 0.643. The van der Waals surface area contributed by atoms with Gasteiger partial charge in [-0.25, -0.2) is 0 Å². The first-order valence-electron chi connectivity index (χ1n) is 5.11. The van der Waals surface area contributed by atoms with Crippen molar-refractivity contribution in [1.29, 1.82) is 0 Å². The van der Waals surface area contributed by atoms with Crippen LogP contribution in [0.4, 0.5) is 0 Å². The maximum absolute atomic E-state index is 11.8. The third-order valence-electron chi connectivity index (χ3n) is 2.52. The molecule has 1 aliphatic heterocycles. The Balaban J connectivity index is 1.91. The van der Waals surface area contributed by atoms with E-state index in [1.807, 2.05) is 12.3 Å². The summed E-state index contributed by atoms with van der Waals surface area (Å²) < 4.78 is 1.06. The molecular weight excluding hydrogens is 305 g/mol. The molecule has 5 heteroatoms. The van der Waals surface area contributed by atoms with Gasteiger partial charge in [-0.15, -0.1) is 0 Å². The van der Waals surface area contributed by atoms with E-state index in [1.165, 1.54) is 0 Å². The predicted molar refractivity (Wildman–Crippen MR) is 66.9 cm³/mol. The third kappa shape index (κ3) is 2.94. The van der Waals surface area contributed by atoms with Crippen LogP contribution in [0.2, 0.25) is 0 Å². The van der Waals surface area contributed by atoms with E-state index in [2.05, 4.69) is 38.2 Å². The smallest absolute Gasteiger partial charge is 0.267 e. The SMILES string of the molecule is O=C(N[C@@H]1CCCNC1)c1cc(I)c[nH]1. The fourth-order valence-electron chi connectivity index (χ4n) is 1.74. The minimum atomic E-state index is -0.00776. The third-order valence-corrected chi connectivity index (χ3v) is 3.15. The number of aromatic amines is 1. The van der Waals surface area contributed by atoms with Crippen LogP contribution in [0, 0.1) is 3.57 Å². The Morgan fingerprint density at radius 1 is 1.60 bits per heavy atom. The van der Waals surface area contributed by atoms with Gasteiger partial charge < -0.3 is 15.6 Å². The number of amides is 1. The average Bonchev–Trinajstić information content (AvgIpc) is 2.66. The lowest BCUT2D eigenvalue weighted by Crippen LogP contribution is -2.45. The lowest BCUT2D eigenvalue weighted by molar-refractivity contribution is 0.0926. The van der Waals surface area contributed by atoms with Crippen LogP contribution in [0.25, 0.3) is 0 Å². The van der Waals surface area contributed by atoms with E-state index in [9.17, 15) is 4.79 Å². The van der Waals surface area contributed by atoms with Crippen molar-refractivity contribution in [2.24, 2.45) is 0 Å². The monoisotopic (exact) mass is 319 g/mol. The minimum absolute atomic E-state index is 0.00776. The van der Waals surface area contributed by atoms with Crippen molar-refractivity contribution < 1.29 is 4.79 Å². The molecule has 15 heavy (non-hydrogen) atoms. The van der Waals surface area contributed by atoms with Crippen molar-refractivity contribution in [3.63, 3.8) is 0 Å². The lowest BCUT2D eigenvalue weighted by Gasteiger charge is -2.23. The molecule has 82 valence electrons. The highest BCUT2D eigenvalue weighted by atomic mass is 127. The van der Waals surface area contributed by atoms with E-state index >= 15 is 0 Å². The Morgan fingerprint density at radius 3 is 3.07 bits per heavy atom. The van der Waals surface area contributed by atoms with Gasteiger partial charge in [0, 0.05) is 22.4 Å². The average molecular weight is 319 g/mol. The molecule has 0 radical (unpaired) electrons. The van der Waals surface area contributed by atoms with Gasteiger partial charge >= 0.3 is 0 Å². The molecule has 2 rings (SSSR count). The van der Waals surface area contributed by atoms with Crippen LogP contribution < -0.4 is 10.6 Å². The summed E-state index contributed by atoms with van der Waals surface area (Å²) in [4.78, 5) is 14.7. The number of hydrogen-bond donors (Lipinski definition) is 3. The first kappa shape index (κ1) is 10.9. The molecular formula is C10H14IN3O. The van der Waals surface area contributed by atoms with E-state index in [0.717, 1.165) is 29.5 Å². The number of nitrogens with one attached hydrogen (secondary N) is 3. The van der Waals surface area contributed by atoms with Gasteiger partial charge in [-0.1, -0.05) is 0 Å². The van der Waals surface area contributed by atoms with Crippen LogP contribution in [0.3, 0.4) is 0 Å². The first-order chi connectivity index (χ1) is 7.25. The fourth-order valence-corrected chi connectivity index (χ4v) is 2.20. The van der Waals surface area contributed by atoms with Gasteiger partial charge in [0.25, 0.3) is 5.91 Å². The van der Waals surface area contributed by atoms with Gasteiger partial charge in [-0.2, -0.15) is 0 Å². The number of halogens is 1. The molecule has 0 aromatic carbocycles. The molecule has 0 spiro atoms. The van der Waals surface area contributed by atoms with Gasteiger partial charge in [-0.05, 0) is 48.0 Å². The topological polar surface area (TPSA) is 56.9 Å². The number of rotatable bonds is 2. The summed E-state index contributed by atoms with van der Waals surface area (Å²) in [6, 6.07) is 2.12. The molecule has 0 saturated carbocycles. The second kappa shape index (κ2) is 4.98. The molecule has 3 N–H and O–H groups in total. The standard InChI is InChI=1S/C10H14IN3O/c11-7-4-9(13-5-7)10(15)14-8-2-1-3-12-6-8/h4-5,8,12-13H,1-3,6H2,(H,14,15)/t8-/m1/s1. The number of H-pyrrole nitrogens is 1. The molecule has 1 aromatic rings. The maximum Gasteiger partial charge on any atom is 0.267 e. The maximum atomic E-state index is 11.8. The van der Waals surface area contributed by atoms with Crippen LogP contribution in [-0.2, 0) is 0 Å². The number of aromatic nitrogens is 1. The van der Waals surface area contributed by atoms with Crippen molar-refractivity contribution in [2.45, 2.75) is 18.9 Å². The van der Waals surface area contributed by atoms with Gasteiger partial charge in [-0.3, -0.25) is 4.79 Å².